The van der Waals surface area contributed by atoms with Crippen LogP contribution >= 0.6 is 11.6 Å². The molecule has 104 valence electrons. The maximum Gasteiger partial charge on any atom is 0.269 e. The molecule has 0 aliphatic carbocycles. The normalized spacial score (nSPS) is 10.1. The number of halogens is 1. The molecule has 0 saturated carbocycles. The van der Waals surface area contributed by atoms with E-state index in [4.69, 9.17) is 17.4 Å². The molecule has 0 aliphatic rings. The molecule has 5 nitrogen and oxygen atoms in total. The summed E-state index contributed by atoms with van der Waals surface area (Å²) in [6.45, 7) is 0.541. The van der Waals surface area contributed by atoms with Crippen LogP contribution in [0.5, 0.6) is 0 Å². The van der Waals surface area contributed by atoms with E-state index in [0.29, 0.717) is 22.9 Å². The summed E-state index contributed by atoms with van der Waals surface area (Å²) in [5, 5.41) is 3.52. The topological polar surface area (TPSA) is 80.0 Å². The summed E-state index contributed by atoms with van der Waals surface area (Å²) >= 11 is 5.81. The lowest BCUT2D eigenvalue weighted by atomic mass is 10.1. The summed E-state index contributed by atoms with van der Waals surface area (Å²) in [5.74, 6) is 5.03. The number of benzene rings is 1. The Hall–Kier alpha value is -2.11. The van der Waals surface area contributed by atoms with Gasteiger partial charge in [0.15, 0.2) is 0 Å². The van der Waals surface area contributed by atoms with Crippen LogP contribution in [0.15, 0.2) is 42.6 Å². The summed E-state index contributed by atoms with van der Waals surface area (Å²) in [5.41, 5.74) is 4.59. The van der Waals surface area contributed by atoms with Crippen molar-refractivity contribution in [1.82, 2.24) is 10.3 Å². The molecule has 0 radical (unpaired) electrons. The Morgan fingerprint density at radius 1 is 1.20 bits per heavy atom. The van der Waals surface area contributed by atoms with Crippen LogP contribution in [-0.4, -0.2) is 17.4 Å². The monoisotopic (exact) mass is 290 g/mol. The van der Waals surface area contributed by atoms with Gasteiger partial charge in [-0.05, 0) is 36.2 Å². The third-order valence-electron chi connectivity index (χ3n) is 2.78. The number of nitrogens with two attached hydrogens (primary N) is 1. The molecule has 1 heterocycles. The predicted molar refractivity (Wildman–Crippen MR) is 79.5 cm³/mol. The Kier molecular flexibility index (Phi) is 4.92. The van der Waals surface area contributed by atoms with Crippen LogP contribution in [0, 0.1) is 0 Å². The molecule has 20 heavy (non-hydrogen) atoms. The Morgan fingerprint density at radius 3 is 2.55 bits per heavy atom. The summed E-state index contributed by atoms with van der Waals surface area (Å²) < 4.78 is 0. The number of rotatable bonds is 5. The first kappa shape index (κ1) is 14.3. The number of pyridine rings is 1. The molecule has 0 saturated heterocycles. The van der Waals surface area contributed by atoms with Crippen LogP contribution in [0.2, 0.25) is 5.02 Å². The molecular formula is C14H15ClN4O. The average molecular weight is 291 g/mol. The summed E-state index contributed by atoms with van der Waals surface area (Å²) in [6, 6.07) is 10.9. The van der Waals surface area contributed by atoms with E-state index < -0.39 is 0 Å². The Bertz CT molecular complexity index is 569. The van der Waals surface area contributed by atoms with Crippen LogP contribution in [0.25, 0.3) is 0 Å². The van der Waals surface area contributed by atoms with E-state index in [1.54, 1.807) is 12.1 Å². The first-order chi connectivity index (χ1) is 9.69. The molecule has 6 heteroatoms. The second-order valence-electron chi connectivity index (χ2n) is 4.21. The molecule has 2 rings (SSSR count). The number of nitrogens with zero attached hydrogens (tertiary/aromatic N) is 1. The van der Waals surface area contributed by atoms with E-state index in [9.17, 15) is 4.79 Å². The molecule has 1 amide bonds. The Balaban J connectivity index is 1.83. The largest absolute Gasteiger partial charge is 0.350 e. The molecule has 1 aromatic carbocycles. The van der Waals surface area contributed by atoms with E-state index in [0.717, 1.165) is 12.0 Å². The standard InChI is InChI=1S/C14H15ClN4O/c15-11-3-1-10(2-4-11)7-8-17-14(20)13-6-5-12(19-16)9-18-13/h1-6,9,19H,7-8,16H2,(H,17,20). The molecule has 0 unspecified atom stereocenters. The minimum Gasteiger partial charge on any atom is -0.350 e. The van der Waals surface area contributed by atoms with Gasteiger partial charge in [0.05, 0.1) is 11.9 Å². The van der Waals surface area contributed by atoms with Crippen LogP contribution in [0.4, 0.5) is 5.69 Å². The van der Waals surface area contributed by atoms with Gasteiger partial charge in [0.2, 0.25) is 0 Å². The Labute approximate surface area is 122 Å². The van der Waals surface area contributed by atoms with Crippen LogP contribution < -0.4 is 16.6 Å². The van der Waals surface area contributed by atoms with Gasteiger partial charge >= 0.3 is 0 Å². The number of nitrogens with one attached hydrogen (secondary N) is 2. The number of carbonyl (C=O) groups is 1. The third-order valence-corrected chi connectivity index (χ3v) is 3.03. The molecule has 2 aromatic rings. The number of hydrazine groups is 1. The molecule has 1 aromatic heterocycles. The van der Waals surface area contributed by atoms with E-state index in [1.807, 2.05) is 24.3 Å². The fourth-order valence-corrected chi connectivity index (χ4v) is 1.80. The van der Waals surface area contributed by atoms with Crippen LogP contribution in [-0.2, 0) is 6.42 Å². The van der Waals surface area contributed by atoms with Crippen molar-refractivity contribution in [2.75, 3.05) is 12.0 Å². The second kappa shape index (κ2) is 6.88. The highest BCUT2D eigenvalue weighted by Gasteiger charge is 2.06. The SMILES string of the molecule is NNc1ccc(C(=O)NCCc2ccc(Cl)cc2)nc1. The molecule has 0 bridgehead atoms. The molecule has 0 fully saturated rings. The lowest BCUT2D eigenvalue weighted by Crippen LogP contribution is -2.26. The summed E-state index contributed by atoms with van der Waals surface area (Å²) in [4.78, 5) is 15.9. The highest BCUT2D eigenvalue weighted by Crippen LogP contribution is 2.09. The first-order valence-corrected chi connectivity index (χ1v) is 6.52. The molecule has 0 aliphatic heterocycles. The van der Waals surface area contributed by atoms with Gasteiger partial charge in [-0.1, -0.05) is 23.7 Å². The van der Waals surface area contributed by atoms with E-state index in [1.165, 1.54) is 6.20 Å². The quantitative estimate of drug-likeness (QED) is 0.581. The molecule has 0 atom stereocenters. The van der Waals surface area contributed by atoms with E-state index >= 15 is 0 Å². The smallest absolute Gasteiger partial charge is 0.269 e. The third kappa shape index (κ3) is 3.94. The average Bonchev–Trinajstić information content (AvgIpc) is 2.49. The number of aromatic nitrogens is 1. The zero-order chi connectivity index (χ0) is 14.4. The Morgan fingerprint density at radius 2 is 1.95 bits per heavy atom. The second-order valence-corrected chi connectivity index (χ2v) is 4.65. The van der Waals surface area contributed by atoms with Crippen molar-refractivity contribution >= 4 is 23.2 Å². The van der Waals surface area contributed by atoms with Gasteiger partial charge in [-0.15, -0.1) is 0 Å². The van der Waals surface area contributed by atoms with Gasteiger partial charge in [-0.25, -0.2) is 4.98 Å². The van der Waals surface area contributed by atoms with Gasteiger partial charge < -0.3 is 10.7 Å². The molecule has 0 spiro atoms. The summed E-state index contributed by atoms with van der Waals surface area (Å²) in [7, 11) is 0. The zero-order valence-electron chi connectivity index (χ0n) is 10.8. The predicted octanol–water partition coefficient (Wildman–Crippen LogP) is 1.99. The maximum atomic E-state index is 11.8. The van der Waals surface area contributed by atoms with Gasteiger partial charge in [0, 0.05) is 11.6 Å². The van der Waals surface area contributed by atoms with Crippen molar-refractivity contribution < 1.29 is 4.79 Å². The first-order valence-electron chi connectivity index (χ1n) is 6.14. The van der Waals surface area contributed by atoms with Crippen molar-refractivity contribution in [2.24, 2.45) is 5.84 Å². The van der Waals surface area contributed by atoms with Crippen molar-refractivity contribution in [3.8, 4) is 0 Å². The number of hydrogen-bond donors (Lipinski definition) is 3. The highest BCUT2D eigenvalue weighted by molar-refractivity contribution is 6.30. The minimum absolute atomic E-state index is 0.206. The number of carbonyl (C=O) groups excluding carboxylic acids is 1. The number of hydrogen-bond acceptors (Lipinski definition) is 4. The highest BCUT2D eigenvalue weighted by atomic mass is 35.5. The maximum absolute atomic E-state index is 11.8. The van der Waals surface area contributed by atoms with Crippen LogP contribution in [0.1, 0.15) is 16.1 Å². The number of anilines is 1. The van der Waals surface area contributed by atoms with Crippen LogP contribution in [0.3, 0.4) is 0 Å². The number of amides is 1. The van der Waals surface area contributed by atoms with Crippen molar-refractivity contribution in [1.29, 1.82) is 0 Å². The van der Waals surface area contributed by atoms with Crippen molar-refractivity contribution in [2.45, 2.75) is 6.42 Å². The molecule has 4 N–H and O–H groups in total. The van der Waals surface area contributed by atoms with E-state index in [-0.39, 0.29) is 5.91 Å². The molecular weight excluding hydrogens is 276 g/mol. The van der Waals surface area contributed by atoms with Crippen molar-refractivity contribution in [3.63, 3.8) is 0 Å². The number of nitrogen functional groups attached to an aromatic ring is 1. The van der Waals surface area contributed by atoms with E-state index in [2.05, 4.69) is 15.7 Å². The minimum atomic E-state index is -0.206. The van der Waals surface area contributed by atoms with Gasteiger partial charge in [0.25, 0.3) is 5.91 Å². The zero-order valence-corrected chi connectivity index (χ0v) is 11.5. The lowest BCUT2D eigenvalue weighted by Gasteiger charge is -2.06. The lowest BCUT2D eigenvalue weighted by molar-refractivity contribution is 0.0949. The fraction of sp³-hybridized carbons (Fsp3) is 0.143. The van der Waals surface area contributed by atoms with Crippen molar-refractivity contribution in [3.05, 3.63) is 58.9 Å². The van der Waals surface area contributed by atoms with Gasteiger partial charge in [-0.3, -0.25) is 10.6 Å². The summed E-state index contributed by atoms with van der Waals surface area (Å²) in [6.07, 6.45) is 2.25. The fourth-order valence-electron chi connectivity index (χ4n) is 1.68. The van der Waals surface area contributed by atoms with Gasteiger partial charge in [0.1, 0.15) is 5.69 Å². The van der Waals surface area contributed by atoms with Gasteiger partial charge in [-0.2, -0.15) is 0 Å².